The number of rotatable bonds is 6. The molecule has 80 valence electrons. The first-order valence-corrected chi connectivity index (χ1v) is 5.34. The van der Waals surface area contributed by atoms with Gasteiger partial charge in [0.25, 0.3) is 0 Å². The summed E-state index contributed by atoms with van der Waals surface area (Å²) in [4.78, 5) is 11.3. The van der Waals surface area contributed by atoms with E-state index in [2.05, 4.69) is 12.2 Å². The summed E-state index contributed by atoms with van der Waals surface area (Å²) >= 11 is 0. The molecule has 0 spiro atoms. The van der Waals surface area contributed by atoms with E-state index in [9.17, 15) is 4.79 Å². The zero-order valence-electron chi connectivity index (χ0n) is 9.07. The Bertz CT molecular complexity index is 317. The lowest BCUT2D eigenvalue weighted by atomic mass is 10.2. The van der Waals surface area contributed by atoms with Gasteiger partial charge in [0.05, 0.1) is 0 Å². The molecule has 15 heavy (non-hydrogen) atoms. The highest BCUT2D eigenvalue weighted by Gasteiger charge is 1.93. The van der Waals surface area contributed by atoms with E-state index in [0.717, 1.165) is 18.5 Å². The maximum Gasteiger partial charge on any atom is 0.157 e. The number of carbonyl (C=O) groups is 1. The molecular weight excluding hydrogens is 186 g/mol. The number of benzene rings is 1. The van der Waals surface area contributed by atoms with Gasteiger partial charge in [-0.05, 0) is 24.6 Å². The Labute approximate surface area is 91.0 Å². The summed E-state index contributed by atoms with van der Waals surface area (Å²) in [5.74, 6) is 0.181. The lowest BCUT2D eigenvalue weighted by Crippen LogP contribution is -1.94. The Morgan fingerprint density at radius 3 is 2.73 bits per heavy atom. The van der Waals surface area contributed by atoms with Gasteiger partial charge in [0.15, 0.2) is 5.78 Å². The van der Waals surface area contributed by atoms with Crippen molar-refractivity contribution in [3.63, 3.8) is 0 Å². The molecule has 0 bridgehead atoms. The number of para-hydroxylation sites is 1. The Morgan fingerprint density at radius 1 is 1.33 bits per heavy atom. The van der Waals surface area contributed by atoms with Crippen LogP contribution in [0.4, 0.5) is 5.69 Å². The normalized spacial score (nSPS) is 10.5. The highest BCUT2D eigenvalue weighted by atomic mass is 16.1. The molecule has 0 aliphatic carbocycles. The summed E-state index contributed by atoms with van der Waals surface area (Å²) in [7, 11) is 0. The van der Waals surface area contributed by atoms with E-state index in [1.54, 1.807) is 12.3 Å². The van der Waals surface area contributed by atoms with Gasteiger partial charge < -0.3 is 5.32 Å². The zero-order valence-corrected chi connectivity index (χ0v) is 9.07. The molecule has 2 nitrogen and oxygen atoms in total. The van der Waals surface area contributed by atoms with Crippen molar-refractivity contribution in [3.8, 4) is 0 Å². The van der Waals surface area contributed by atoms with E-state index in [4.69, 9.17) is 0 Å². The minimum atomic E-state index is 0.181. The fourth-order valence-corrected chi connectivity index (χ4v) is 1.20. The van der Waals surface area contributed by atoms with Gasteiger partial charge in [-0.1, -0.05) is 31.5 Å². The van der Waals surface area contributed by atoms with Crippen LogP contribution in [0.1, 0.15) is 26.2 Å². The first kappa shape index (κ1) is 11.5. The van der Waals surface area contributed by atoms with Crippen molar-refractivity contribution < 1.29 is 4.79 Å². The van der Waals surface area contributed by atoms with Crippen LogP contribution in [0.3, 0.4) is 0 Å². The Balaban J connectivity index is 2.30. The summed E-state index contributed by atoms with van der Waals surface area (Å²) in [6.07, 6.45) is 5.97. The van der Waals surface area contributed by atoms with Crippen LogP contribution in [0.2, 0.25) is 0 Å². The van der Waals surface area contributed by atoms with E-state index in [0.29, 0.717) is 6.42 Å². The fraction of sp³-hybridized carbons (Fsp3) is 0.308. The summed E-state index contributed by atoms with van der Waals surface area (Å²) < 4.78 is 0. The van der Waals surface area contributed by atoms with Gasteiger partial charge in [-0.2, -0.15) is 0 Å². The number of allylic oxidation sites excluding steroid dienone is 1. The first-order valence-electron chi connectivity index (χ1n) is 5.34. The molecule has 2 heteroatoms. The molecule has 0 aromatic heterocycles. The summed E-state index contributed by atoms with van der Waals surface area (Å²) in [5.41, 5.74) is 0.997. The molecule has 0 saturated heterocycles. The van der Waals surface area contributed by atoms with Crippen molar-refractivity contribution in [1.82, 2.24) is 0 Å². The molecule has 0 saturated carbocycles. The van der Waals surface area contributed by atoms with Crippen molar-refractivity contribution in [2.45, 2.75) is 26.2 Å². The van der Waals surface area contributed by atoms with Crippen LogP contribution in [0.5, 0.6) is 0 Å². The number of hydrogen-bond donors (Lipinski definition) is 1. The Morgan fingerprint density at radius 2 is 2.07 bits per heavy atom. The molecule has 1 aromatic rings. The van der Waals surface area contributed by atoms with Gasteiger partial charge >= 0.3 is 0 Å². The van der Waals surface area contributed by atoms with Gasteiger partial charge in [0.1, 0.15) is 0 Å². The minimum absolute atomic E-state index is 0.181. The minimum Gasteiger partial charge on any atom is -0.362 e. The summed E-state index contributed by atoms with van der Waals surface area (Å²) in [5, 5.41) is 3.05. The van der Waals surface area contributed by atoms with E-state index < -0.39 is 0 Å². The molecule has 1 N–H and O–H groups in total. The third kappa shape index (κ3) is 5.01. The Hall–Kier alpha value is -1.57. The van der Waals surface area contributed by atoms with Crippen molar-refractivity contribution in [3.05, 3.63) is 42.6 Å². The van der Waals surface area contributed by atoms with Gasteiger partial charge in [-0.3, -0.25) is 4.79 Å². The number of hydrogen-bond acceptors (Lipinski definition) is 2. The highest BCUT2D eigenvalue weighted by Crippen LogP contribution is 2.04. The van der Waals surface area contributed by atoms with Gasteiger partial charge in [-0.15, -0.1) is 0 Å². The molecule has 0 atom stereocenters. The molecular formula is C13H17NO. The smallest absolute Gasteiger partial charge is 0.157 e. The zero-order chi connectivity index (χ0) is 10.9. The maximum atomic E-state index is 11.3. The van der Waals surface area contributed by atoms with Crippen LogP contribution in [0.25, 0.3) is 0 Å². The van der Waals surface area contributed by atoms with Crippen LogP contribution >= 0.6 is 0 Å². The quantitative estimate of drug-likeness (QED) is 0.718. The second kappa shape index (κ2) is 6.82. The SMILES string of the molecule is CCCCC(=O)/C=C/Nc1ccccc1. The van der Waals surface area contributed by atoms with Crippen molar-refractivity contribution in [2.75, 3.05) is 5.32 Å². The molecule has 0 unspecified atom stereocenters. The largest absolute Gasteiger partial charge is 0.362 e. The molecule has 0 heterocycles. The number of nitrogens with one attached hydrogen (secondary N) is 1. The van der Waals surface area contributed by atoms with E-state index in [-0.39, 0.29) is 5.78 Å². The van der Waals surface area contributed by atoms with Gasteiger partial charge in [-0.25, -0.2) is 0 Å². The van der Waals surface area contributed by atoms with Crippen molar-refractivity contribution in [1.29, 1.82) is 0 Å². The summed E-state index contributed by atoms with van der Waals surface area (Å²) in [6.45, 7) is 2.08. The fourth-order valence-electron chi connectivity index (χ4n) is 1.20. The molecule has 1 rings (SSSR count). The van der Waals surface area contributed by atoms with E-state index >= 15 is 0 Å². The monoisotopic (exact) mass is 203 g/mol. The average molecular weight is 203 g/mol. The average Bonchev–Trinajstić information content (AvgIpc) is 2.28. The van der Waals surface area contributed by atoms with Crippen LogP contribution in [0.15, 0.2) is 42.6 Å². The molecule has 0 fully saturated rings. The molecule has 0 amide bonds. The van der Waals surface area contributed by atoms with Crippen molar-refractivity contribution in [2.24, 2.45) is 0 Å². The van der Waals surface area contributed by atoms with Crippen molar-refractivity contribution >= 4 is 11.5 Å². The first-order chi connectivity index (χ1) is 7.33. The second-order valence-electron chi connectivity index (χ2n) is 3.41. The predicted molar refractivity (Wildman–Crippen MR) is 63.7 cm³/mol. The number of anilines is 1. The number of carbonyl (C=O) groups excluding carboxylic acids is 1. The number of unbranched alkanes of at least 4 members (excludes halogenated alkanes) is 1. The standard InChI is InChI=1S/C13H17NO/c1-2-3-9-13(15)10-11-14-12-7-5-4-6-8-12/h4-8,10-11,14H,2-3,9H2,1H3/b11-10+. The van der Waals surface area contributed by atoms with Gasteiger partial charge in [0, 0.05) is 18.3 Å². The second-order valence-corrected chi connectivity index (χ2v) is 3.41. The molecule has 0 aliphatic rings. The molecule has 1 aromatic carbocycles. The highest BCUT2D eigenvalue weighted by molar-refractivity contribution is 5.89. The third-order valence-electron chi connectivity index (χ3n) is 2.07. The van der Waals surface area contributed by atoms with Crippen LogP contribution in [0, 0.1) is 0 Å². The van der Waals surface area contributed by atoms with E-state index in [1.165, 1.54) is 0 Å². The molecule has 0 radical (unpaired) electrons. The van der Waals surface area contributed by atoms with Crippen LogP contribution in [-0.4, -0.2) is 5.78 Å². The van der Waals surface area contributed by atoms with Crippen LogP contribution < -0.4 is 5.32 Å². The predicted octanol–water partition coefficient (Wildman–Crippen LogP) is 3.37. The molecule has 0 aliphatic heterocycles. The third-order valence-corrected chi connectivity index (χ3v) is 2.07. The lowest BCUT2D eigenvalue weighted by molar-refractivity contribution is -0.114. The maximum absolute atomic E-state index is 11.3. The lowest BCUT2D eigenvalue weighted by Gasteiger charge is -1.98. The van der Waals surface area contributed by atoms with Gasteiger partial charge in [0.2, 0.25) is 0 Å². The van der Waals surface area contributed by atoms with E-state index in [1.807, 2.05) is 30.3 Å². The topological polar surface area (TPSA) is 29.1 Å². The van der Waals surface area contributed by atoms with Crippen LogP contribution in [-0.2, 0) is 4.79 Å². The Kier molecular flexibility index (Phi) is 5.23. The number of ketones is 1. The summed E-state index contributed by atoms with van der Waals surface area (Å²) in [6, 6.07) is 9.78.